The molecule has 0 unspecified atom stereocenters. The number of hydrogen-bond acceptors (Lipinski definition) is 8. The molecule has 7 rings (SSSR count). The maximum atomic E-state index is 14.2. The molecule has 3 aliphatic rings. The number of rotatable bonds is 3. The number of esters is 1. The molecule has 0 N–H and O–H groups in total. The lowest BCUT2D eigenvalue weighted by Gasteiger charge is -2.51. The van der Waals surface area contributed by atoms with Crippen molar-refractivity contribution in [1.82, 2.24) is 5.16 Å². The highest BCUT2D eigenvalue weighted by molar-refractivity contribution is 6.30. The monoisotopic (exact) mass is 570 g/mol. The fourth-order valence-corrected chi connectivity index (χ4v) is 7.14. The van der Waals surface area contributed by atoms with E-state index in [9.17, 15) is 19.7 Å². The molecule has 1 aromatic heterocycles. The predicted molar refractivity (Wildman–Crippen MR) is 147 cm³/mol. The van der Waals surface area contributed by atoms with E-state index in [4.69, 9.17) is 25.6 Å². The Bertz CT molecular complexity index is 1760. The Morgan fingerprint density at radius 2 is 1.78 bits per heavy atom. The minimum atomic E-state index is -1.38. The van der Waals surface area contributed by atoms with Crippen LogP contribution in [0.2, 0.25) is 5.02 Å². The largest absolute Gasteiger partial charge is 0.488 e. The fourth-order valence-electron chi connectivity index (χ4n) is 7.02. The number of hydrogen-bond donors (Lipinski definition) is 0. The fraction of sp³-hybridized carbons (Fsp3) is 0.258. The smallest absolute Gasteiger partial charge is 0.334 e. The van der Waals surface area contributed by atoms with Crippen LogP contribution in [0.4, 0.5) is 5.69 Å². The second kappa shape index (κ2) is 9.01. The van der Waals surface area contributed by atoms with Crippen LogP contribution in [0, 0.1) is 29.9 Å². The average molecular weight is 571 g/mol. The average Bonchev–Trinajstić information content (AvgIpc) is 3.47. The van der Waals surface area contributed by atoms with Gasteiger partial charge in [0.05, 0.1) is 22.3 Å². The summed E-state index contributed by atoms with van der Waals surface area (Å²) < 4.78 is 18.1. The van der Waals surface area contributed by atoms with Gasteiger partial charge in [-0.1, -0.05) is 58.7 Å². The van der Waals surface area contributed by atoms with Crippen molar-refractivity contribution in [2.75, 3.05) is 0 Å². The van der Waals surface area contributed by atoms with Crippen molar-refractivity contribution in [3.63, 3.8) is 0 Å². The molecule has 1 fully saturated rings. The van der Waals surface area contributed by atoms with Crippen LogP contribution < -0.4 is 9.47 Å². The number of Topliss-reactive ketones (excluding diaryl/α,β-unsaturated/α-hetero) is 1. The molecule has 0 bridgehead atoms. The van der Waals surface area contributed by atoms with Gasteiger partial charge in [0.2, 0.25) is 5.76 Å². The Hall–Kier alpha value is -4.50. The van der Waals surface area contributed by atoms with Gasteiger partial charge >= 0.3 is 11.7 Å². The summed E-state index contributed by atoms with van der Waals surface area (Å²) in [7, 11) is 0. The summed E-state index contributed by atoms with van der Waals surface area (Å²) in [5.41, 5.74) is 0.959. The lowest BCUT2D eigenvalue weighted by Crippen LogP contribution is -2.57. The predicted octanol–water partition coefficient (Wildman–Crippen LogP) is 6.24. The van der Waals surface area contributed by atoms with Gasteiger partial charge in [-0.25, -0.2) is 0 Å². The van der Waals surface area contributed by atoms with Gasteiger partial charge < -0.3 is 14.0 Å². The molecule has 0 radical (unpaired) electrons. The number of aryl methyl sites for hydroxylation is 2. The molecule has 2 aliphatic heterocycles. The first-order chi connectivity index (χ1) is 19.7. The molecule has 3 heterocycles. The number of halogens is 1. The summed E-state index contributed by atoms with van der Waals surface area (Å²) in [4.78, 5) is 40.2. The lowest BCUT2D eigenvalue weighted by atomic mass is 9.52. The number of benzene rings is 3. The highest BCUT2D eigenvalue weighted by Gasteiger charge is 2.67. The lowest BCUT2D eigenvalue weighted by molar-refractivity contribution is -0.387. The van der Waals surface area contributed by atoms with Crippen molar-refractivity contribution in [3.8, 4) is 11.5 Å². The van der Waals surface area contributed by atoms with E-state index in [0.29, 0.717) is 33.2 Å². The third-order valence-electron chi connectivity index (χ3n) is 8.69. The Kier molecular flexibility index (Phi) is 5.59. The van der Waals surface area contributed by atoms with Crippen LogP contribution >= 0.6 is 11.6 Å². The molecule has 0 amide bonds. The number of ketones is 1. The van der Waals surface area contributed by atoms with Crippen LogP contribution in [-0.4, -0.2) is 27.9 Å². The summed E-state index contributed by atoms with van der Waals surface area (Å²) in [6, 6.07) is 19.4. The molecular weight excluding hydrogens is 548 g/mol. The first-order valence-electron chi connectivity index (χ1n) is 13.2. The van der Waals surface area contributed by atoms with Crippen LogP contribution in [0.3, 0.4) is 0 Å². The van der Waals surface area contributed by atoms with Gasteiger partial charge in [-0.3, -0.25) is 19.7 Å². The molecule has 0 saturated heterocycles. The highest BCUT2D eigenvalue weighted by Crippen LogP contribution is 2.64. The van der Waals surface area contributed by atoms with E-state index >= 15 is 0 Å². The van der Waals surface area contributed by atoms with Gasteiger partial charge in [0.15, 0.2) is 11.5 Å². The standard InChI is InChI=1S/C31H23ClN2O7/c1-15-7-12-22-19(13-15)27(35)20-14-31(21-5-3-4-6-23(21)40-30(31)36)25(17-8-10-18(32)11-9-17)24(28(20)39-22)29-26(34(37)38)16(2)33-41-29/h3-13,20,24-25,28H,14H2,1-2H3/t20-,24-,25-,28-,31-/m1/s1. The van der Waals surface area contributed by atoms with Crippen LogP contribution in [0.1, 0.15) is 56.8 Å². The Morgan fingerprint density at radius 3 is 2.54 bits per heavy atom. The summed E-state index contributed by atoms with van der Waals surface area (Å²) in [6.45, 7) is 3.37. The van der Waals surface area contributed by atoms with Gasteiger partial charge in [-0.2, -0.15) is 0 Å². The van der Waals surface area contributed by atoms with Crippen LogP contribution in [0.5, 0.6) is 11.5 Å². The van der Waals surface area contributed by atoms with Gasteiger partial charge in [0.1, 0.15) is 23.0 Å². The highest BCUT2D eigenvalue weighted by atomic mass is 35.5. The van der Waals surface area contributed by atoms with Gasteiger partial charge in [0, 0.05) is 16.5 Å². The number of para-hydroxylation sites is 1. The van der Waals surface area contributed by atoms with Crippen LogP contribution in [-0.2, 0) is 10.2 Å². The number of fused-ring (bicyclic) bond motifs is 4. The Morgan fingerprint density at radius 1 is 1.02 bits per heavy atom. The van der Waals surface area contributed by atoms with E-state index in [1.165, 1.54) is 6.92 Å². The van der Waals surface area contributed by atoms with Crippen LogP contribution in [0.15, 0.2) is 71.3 Å². The maximum absolute atomic E-state index is 14.2. The first-order valence-corrected chi connectivity index (χ1v) is 13.6. The van der Waals surface area contributed by atoms with Crippen LogP contribution in [0.25, 0.3) is 0 Å². The van der Waals surface area contributed by atoms with E-state index < -0.39 is 40.2 Å². The molecule has 1 saturated carbocycles. The first kappa shape index (κ1) is 25.5. The number of nitrogens with zero attached hydrogens (tertiary/aromatic N) is 2. The summed E-state index contributed by atoms with van der Waals surface area (Å²) >= 11 is 6.25. The SMILES string of the molecule is Cc1ccc2c(c1)C(=O)[C@H]1C[C@]3(C(=O)Oc4ccccc43)[C@H](c3ccc(Cl)cc3)[C@@H](c3onc(C)c3[N+](=O)[O-])[C@@H]1O2. The van der Waals surface area contributed by atoms with Crippen molar-refractivity contribution < 1.29 is 28.5 Å². The van der Waals surface area contributed by atoms with Gasteiger partial charge in [-0.15, -0.1) is 0 Å². The van der Waals surface area contributed by atoms with Crippen molar-refractivity contribution in [1.29, 1.82) is 0 Å². The van der Waals surface area contributed by atoms with E-state index in [1.807, 2.05) is 25.1 Å². The van der Waals surface area contributed by atoms with Crippen molar-refractivity contribution >= 4 is 29.0 Å². The minimum absolute atomic E-state index is 0.0536. The zero-order valence-electron chi connectivity index (χ0n) is 22.0. The number of carbonyl (C=O) groups excluding carboxylic acids is 2. The van der Waals surface area contributed by atoms with Gasteiger partial charge in [0.25, 0.3) is 0 Å². The van der Waals surface area contributed by atoms with Crippen molar-refractivity contribution in [3.05, 3.63) is 116 Å². The molecule has 9 nitrogen and oxygen atoms in total. The third-order valence-corrected chi connectivity index (χ3v) is 8.94. The van der Waals surface area contributed by atoms with Gasteiger partial charge in [-0.05, 0) is 56.2 Å². The van der Waals surface area contributed by atoms with Crippen molar-refractivity contribution in [2.24, 2.45) is 5.92 Å². The summed E-state index contributed by atoms with van der Waals surface area (Å²) in [5, 5.41) is 16.8. The zero-order valence-corrected chi connectivity index (χ0v) is 22.8. The molecule has 4 aromatic rings. The molecular formula is C31H23ClN2O7. The third kappa shape index (κ3) is 3.58. The molecule has 1 aliphatic carbocycles. The topological polar surface area (TPSA) is 122 Å². The number of aromatic nitrogens is 1. The van der Waals surface area contributed by atoms with E-state index in [2.05, 4.69) is 5.16 Å². The summed E-state index contributed by atoms with van der Waals surface area (Å²) in [5.74, 6) is -2.61. The molecule has 3 aromatic carbocycles. The molecule has 1 spiro atoms. The minimum Gasteiger partial charge on any atom is -0.488 e. The second-order valence-electron chi connectivity index (χ2n) is 10.9. The number of nitro groups is 1. The molecule has 41 heavy (non-hydrogen) atoms. The Labute approximate surface area is 239 Å². The van der Waals surface area contributed by atoms with E-state index in [1.54, 1.807) is 48.5 Å². The molecule has 10 heteroatoms. The normalized spacial score (nSPS) is 26.1. The van der Waals surface area contributed by atoms with E-state index in [-0.39, 0.29) is 29.3 Å². The molecule has 5 atom stereocenters. The zero-order chi connectivity index (χ0) is 28.6. The van der Waals surface area contributed by atoms with E-state index in [0.717, 1.165) is 5.56 Å². The maximum Gasteiger partial charge on any atom is 0.334 e. The Balaban J connectivity index is 1.56. The summed E-state index contributed by atoms with van der Waals surface area (Å²) in [6.07, 6.45) is -0.819. The molecule has 206 valence electrons. The quantitative estimate of drug-likeness (QED) is 0.123. The number of ether oxygens (including phenoxy) is 2. The van der Waals surface area contributed by atoms with Crippen molar-refractivity contribution in [2.45, 2.75) is 43.6 Å². The number of carbonyl (C=O) groups is 2. The second-order valence-corrected chi connectivity index (χ2v) is 11.3.